The van der Waals surface area contributed by atoms with E-state index in [0.29, 0.717) is 5.71 Å². The first-order valence-electron chi connectivity index (χ1n) is 11.3. The number of carbonyl (C=O) groups excluding carboxylic acids is 1. The molecule has 0 heterocycles. The number of benzene rings is 3. The first kappa shape index (κ1) is 26.1. The predicted molar refractivity (Wildman–Crippen MR) is 139 cm³/mol. The standard InChI is InChI=1S/C28H30N2O4S/c1-5-34-27(31)25(20-28(3,4)30-35(32,33)24-18-16-21(2)17-19-24)29-26(22-12-8-6-9-13-22)23-14-10-7-11-15-23/h6-20,30H,5H2,1-4H3/b25-20-. The Morgan fingerprint density at radius 3 is 1.91 bits per heavy atom. The van der Waals surface area contributed by atoms with E-state index in [9.17, 15) is 13.2 Å². The maximum absolute atomic E-state index is 13.0. The van der Waals surface area contributed by atoms with Crippen LogP contribution in [-0.2, 0) is 19.6 Å². The summed E-state index contributed by atoms with van der Waals surface area (Å²) in [5.74, 6) is -0.639. The lowest BCUT2D eigenvalue weighted by molar-refractivity contribution is -0.138. The van der Waals surface area contributed by atoms with Crippen LogP contribution in [0.2, 0.25) is 0 Å². The molecule has 0 radical (unpaired) electrons. The van der Waals surface area contributed by atoms with Crippen LogP contribution in [0.3, 0.4) is 0 Å². The molecule has 3 rings (SSSR count). The normalized spacial score (nSPS) is 12.2. The molecule has 0 saturated carbocycles. The second-order valence-corrected chi connectivity index (χ2v) is 10.3. The predicted octanol–water partition coefficient (Wildman–Crippen LogP) is 5.04. The van der Waals surface area contributed by atoms with E-state index in [1.807, 2.05) is 67.6 Å². The quantitative estimate of drug-likeness (QED) is 0.259. The third-order valence-electron chi connectivity index (χ3n) is 5.04. The summed E-state index contributed by atoms with van der Waals surface area (Å²) in [5, 5.41) is 0. The lowest BCUT2D eigenvalue weighted by Crippen LogP contribution is -2.42. The topological polar surface area (TPSA) is 84.8 Å². The molecule has 3 aromatic carbocycles. The Morgan fingerprint density at radius 1 is 0.914 bits per heavy atom. The number of aryl methyl sites for hydroxylation is 1. The summed E-state index contributed by atoms with van der Waals surface area (Å²) in [4.78, 5) is 17.8. The van der Waals surface area contributed by atoms with Crippen LogP contribution in [0.5, 0.6) is 0 Å². The number of hydrogen-bond donors (Lipinski definition) is 1. The maximum Gasteiger partial charge on any atom is 0.356 e. The number of aliphatic imine (C=N–C) groups is 1. The Labute approximate surface area is 207 Å². The van der Waals surface area contributed by atoms with E-state index >= 15 is 0 Å². The molecule has 0 saturated heterocycles. The van der Waals surface area contributed by atoms with Gasteiger partial charge in [-0.15, -0.1) is 0 Å². The van der Waals surface area contributed by atoms with Gasteiger partial charge in [-0.2, -0.15) is 0 Å². The van der Waals surface area contributed by atoms with Crippen LogP contribution in [0, 0.1) is 6.92 Å². The lowest BCUT2D eigenvalue weighted by Gasteiger charge is -2.23. The molecule has 182 valence electrons. The average molecular weight is 491 g/mol. The molecule has 0 aliphatic heterocycles. The number of carbonyl (C=O) groups is 1. The zero-order valence-corrected chi connectivity index (χ0v) is 21.2. The largest absolute Gasteiger partial charge is 0.461 e. The highest BCUT2D eigenvalue weighted by Gasteiger charge is 2.27. The van der Waals surface area contributed by atoms with E-state index in [1.54, 1.807) is 45.0 Å². The summed E-state index contributed by atoms with van der Waals surface area (Å²) >= 11 is 0. The van der Waals surface area contributed by atoms with Gasteiger partial charge in [-0.3, -0.25) is 0 Å². The van der Waals surface area contributed by atoms with Gasteiger partial charge in [0.05, 0.1) is 17.2 Å². The number of nitrogens with zero attached hydrogens (tertiary/aromatic N) is 1. The second kappa shape index (κ2) is 11.3. The number of nitrogens with one attached hydrogen (secondary N) is 1. The lowest BCUT2D eigenvalue weighted by atomic mass is 10.0. The molecule has 0 amide bonds. The molecule has 35 heavy (non-hydrogen) atoms. The molecule has 6 nitrogen and oxygen atoms in total. The third-order valence-corrected chi connectivity index (χ3v) is 6.73. The maximum atomic E-state index is 13.0. The monoisotopic (exact) mass is 490 g/mol. The summed E-state index contributed by atoms with van der Waals surface area (Å²) in [5.41, 5.74) is 2.01. The van der Waals surface area contributed by atoms with Gasteiger partial charge in [0.25, 0.3) is 0 Å². The highest BCUT2D eigenvalue weighted by atomic mass is 32.2. The van der Waals surface area contributed by atoms with Gasteiger partial charge in [0.2, 0.25) is 10.0 Å². The molecular weight excluding hydrogens is 460 g/mol. The Kier molecular flexibility index (Phi) is 8.38. The van der Waals surface area contributed by atoms with E-state index in [4.69, 9.17) is 9.73 Å². The van der Waals surface area contributed by atoms with Gasteiger partial charge in [0.1, 0.15) is 5.70 Å². The van der Waals surface area contributed by atoms with Gasteiger partial charge in [-0.25, -0.2) is 22.9 Å². The molecule has 0 spiro atoms. The molecule has 3 aromatic rings. The van der Waals surface area contributed by atoms with Crippen molar-refractivity contribution in [2.24, 2.45) is 4.99 Å². The minimum absolute atomic E-state index is 0.00571. The van der Waals surface area contributed by atoms with Gasteiger partial charge < -0.3 is 4.74 Å². The van der Waals surface area contributed by atoms with Gasteiger partial charge in [0.15, 0.2) is 0 Å². The number of rotatable bonds is 9. The zero-order valence-electron chi connectivity index (χ0n) is 20.4. The minimum Gasteiger partial charge on any atom is -0.461 e. The van der Waals surface area contributed by atoms with E-state index in [-0.39, 0.29) is 17.2 Å². The van der Waals surface area contributed by atoms with E-state index in [1.165, 1.54) is 6.08 Å². The Bertz CT molecular complexity index is 1270. The SMILES string of the molecule is CCOC(=O)/C(=C/C(C)(C)NS(=O)(=O)c1ccc(C)cc1)N=C(c1ccccc1)c1ccccc1. The third kappa shape index (κ3) is 7.21. The molecule has 0 fully saturated rings. The van der Waals surface area contributed by atoms with Crippen molar-refractivity contribution >= 4 is 21.7 Å². The molecule has 0 aromatic heterocycles. The summed E-state index contributed by atoms with van der Waals surface area (Å²) < 4.78 is 33.9. The van der Waals surface area contributed by atoms with Crippen LogP contribution in [-0.4, -0.2) is 32.2 Å². The highest BCUT2D eigenvalue weighted by Crippen LogP contribution is 2.20. The number of hydrogen-bond acceptors (Lipinski definition) is 5. The van der Waals surface area contributed by atoms with Gasteiger partial charge >= 0.3 is 5.97 Å². The Hall–Kier alpha value is -3.55. The highest BCUT2D eigenvalue weighted by molar-refractivity contribution is 7.89. The van der Waals surface area contributed by atoms with Gasteiger partial charge in [-0.1, -0.05) is 78.4 Å². The van der Waals surface area contributed by atoms with Crippen molar-refractivity contribution in [3.8, 4) is 0 Å². The van der Waals surface area contributed by atoms with Crippen LogP contribution < -0.4 is 4.72 Å². The number of sulfonamides is 1. The molecule has 7 heteroatoms. The van der Waals surface area contributed by atoms with Crippen LogP contribution in [0.4, 0.5) is 0 Å². The van der Waals surface area contributed by atoms with Gasteiger partial charge in [-0.05, 0) is 45.9 Å². The van der Waals surface area contributed by atoms with Crippen molar-refractivity contribution in [3.05, 3.63) is 113 Å². The fraction of sp³-hybridized carbons (Fsp3) is 0.214. The van der Waals surface area contributed by atoms with Gasteiger partial charge in [0, 0.05) is 16.7 Å². The fourth-order valence-corrected chi connectivity index (χ4v) is 4.81. The van der Waals surface area contributed by atoms with Crippen molar-refractivity contribution in [3.63, 3.8) is 0 Å². The summed E-state index contributed by atoms with van der Waals surface area (Å²) in [6.45, 7) is 7.08. The molecule has 0 aliphatic rings. The molecule has 1 N–H and O–H groups in total. The number of ether oxygens (including phenoxy) is 1. The van der Waals surface area contributed by atoms with Crippen molar-refractivity contribution in [1.29, 1.82) is 0 Å². The van der Waals surface area contributed by atoms with Crippen LogP contribution >= 0.6 is 0 Å². The molecule has 0 unspecified atom stereocenters. The molecule has 0 atom stereocenters. The van der Waals surface area contributed by atoms with Crippen LogP contribution in [0.1, 0.15) is 37.5 Å². The van der Waals surface area contributed by atoms with E-state index in [2.05, 4.69) is 4.72 Å². The number of esters is 1. The van der Waals surface area contributed by atoms with Crippen molar-refractivity contribution < 1.29 is 17.9 Å². The van der Waals surface area contributed by atoms with Crippen LogP contribution in [0.15, 0.2) is 107 Å². The van der Waals surface area contributed by atoms with Crippen molar-refractivity contribution in [2.45, 2.75) is 38.1 Å². The van der Waals surface area contributed by atoms with Crippen molar-refractivity contribution in [1.82, 2.24) is 4.72 Å². The average Bonchev–Trinajstić information content (AvgIpc) is 2.82. The zero-order chi connectivity index (χ0) is 25.5. The molecule has 0 bridgehead atoms. The van der Waals surface area contributed by atoms with Crippen LogP contribution in [0.25, 0.3) is 0 Å². The fourth-order valence-electron chi connectivity index (χ4n) is 3.44. The first-order valence-corrected chi connectivity index (χ1v) is 12.8. The summed E-state index contributed by atoms with van der Waals surface area (Å²) in [7, 11) is -3.85. The summed E-state index contributed by atoms with van der Waals surface area (Å²) in [6.07, 6.45) is 1.49. The Balaban J connectivity index is 2.08. The smallest absolute Gasteiger partial charge is 0.356 e. The first-order chi connectivity index (χ1) is 16.6. The van der Waals surface area contributed by atoms with E-state index in [0.717, 1.165) is 16.7 Å². The van der Waals surface area contributed by atoms with Crippen molar-refractivity contribution in [2.75, 3.05) is 6.61 Å². The second-order valence-electron chi connectivity index (χ2n) is 8.58. The minimum atomic E-state index is -3.85. The van der Waals surface area contributed by atoms with E-state index < -0.39 is 21.5 Å². The summed E-state index contributed by atoms with van der Waals surface area (Å²) in [6, 6.07) is 25.5. The molecule has 0 aliphatic carbocycles. The molecular formula is C28H30N2O4S. The Morgan fingerprint density at radius 2 is 1.43 bits per heavy atom.